The van der Waals surface area contributed by atoms with Crippen molar-refractivity contribution in [1.29, 1.82) is 0 Å². The molecule has 0 bridgehead atoms. The van der Waals surface area contributed by atoms with Crippen molar-refractivity contribution in [2.75, 3.05) is 26.7 Å². The molecular weight excluding hydrogens is 362 g/mol. The van der Waals surface area contributed by atoms with E-state index >= 15 is 0 Å². The van der Waals surface area contributed by atoms with E-state index in [1.165, 1.54) is 0 Å². The van der Waals surface area contributed by atoms with Crippen molar-refractivity contribution in [1.82, 2.24) is 19.6 Å². The molecule has 4 rings (SSSR count). The van der Waals surface area contributed by atoms with E-state index in [0.717, 1.165) is 25.2 Å². The fraction of sp³-hybridized carbons (Fsp3) is 0.778. The number of rotatable bonds is 1. The quantitative estimate of drug-likeness (QED) is 0.737. The Balaban J connectivity index is 0.000000948. The molecule has 8 heteroatoms. The van der Waals surface area contributed by atoms with Crippen LogP contribution < -0.4 is 0 Å². The van der Waals surface area contributed by atoms with Gasteiger partial charge in [-0.15, -0.1) is 0 Å². The molecule has 26 heavy (non-hydrogen) atoms. The Hall–Kier alpha value is -1.21. The predicted molar refractivity (Wildman–Crippen MR) is 96.7 cm³/mol. The summed E-state index contributed by atoms with van der Waals surface area (Å²) < 4.78 is 28.3. The zero-order valence-electron chi connectivity index (χ0n) is 15.7. The van der Waals surface area contributed by atoms with Gasteiger partial charge in [0.15, 0.2) is 5.69 Å². The third kappa shape index (κ3) is 3.48. The summed E-state index contributed by atoms with van der Waals surface area (Å²) in [6, 6.07) is 0. The lowest BCUT2D eigenvalue weighted by atomic mass is 9.65. The first-order chi connectivity index (χ1) is 12.3. The van der Waals surface area contributed by atoms with Crippen LogP contribution in [0.3, 0.4) is 0 Å². The summed E-state index contributed by atoms with van der Waals surface area (Å²) >= 11 is 6.44. The number of carbonyl (C=O) groups excluding carboxylic acids is 1. The third-order valence-corrected chi connectivity index (χ3v) is 5.92. The van der Waals surface area contributed by atoms with E-state index in [1.807, 2.05) is 25.6 Å². The normalized spacial score (nSPS) is 23.7. The number of alkyl halides is 2. The first kappa shape index (κ1) is 19.5. The van der Waals surface area contributed by atoms with E-state index in [1.54, 1.807) is 4.90 Å². The molecule has 0 aromatic carbocycles. The smallest absolute Gasteiger partial charge is 0.275 e. The van der Waals surface area contributed by atoms with Crippen molar-refractivity contribution in [3.63, 3.8) is 0 Å². The summed E-state index contributed by atoms with van der Waals surface area (Å²) in [7, 11) is 2.02. The van der Waals surface area contributed by atoms with Crippen LogP contribution >= 0.6 is 11.6 Å². The Bertz CT molecular complexity index is 683. The summed E-state index contributed by atoms with van der Waals surface area (Å²) in [5, 5.41) is 4.84. The van der Waals surface area contributed by atoms with Crippen LogP contribution in [0.1, 0.15) is 55.7 Å². The average Bonchev–Trinajstić information content (AvgIpc) is 3.05. The number of aryl methyl sites for hydroxylation is 1. The Kier molecular flexibility index (Phi) is 5.32. The summed E-state index contributed by atoms with van der Waals surface area (Å²) in [6.07, 6.45) is 1.38. The fourth-order valence-corrected chi connectivity index (χ4v) is 4.64. The van der Waals surface area contributed by atoms with Crippen LogP contribution in [0.15, 0.2) is 0 Å². The van der Waals surface area contributed by atoms with Gasteiger partial charge < -0.3 is 9.80 Å². The number of hydrogen-bond acceptors (Lipinski definition) is 3. The highest BCUT2D eigenvalue weighted by Crippen LogP contribution is 2.56. The first-order valence-electron chi connectivity index (χ1n) is 9.40. The lowest BCUT2D eigenvalue weighted by Crippen LogP contribution is -2.48. The van der Waals surface area contributed by atoms with E-state index in [2.05, 4.69) is 10.00 Å². The van der Waals surface area contributed by atoms with E-state index in [0.29, 0.717) is 31.1 Å². The number of halogens is 3. The SMILES string of the molecule is CC.CN1CCCn2nc(C(=O)N3CCC4(C3)CC(F)(F)C4)c(Cl)c2C1. The number of nitrogens with zero attached hydrogens (tertiary/aromatic N) is 4. The molecule has 1 aromatic heterocycles. The zero-order valence-corrected chi connectivity index (χ0v) is 16.5. The van der Waals surface area contributed by atoms with Gasteiger partial charge in [-0.1, -0.05) is 25.4 Å². The van der Waals surface area contributed by atoms with Gasteiger partial charge in [0.2, 0.25) is 5.92 Å². The minimum absolute atomic E-state index is 0.109. The van der Waals surface area contributed by atoms with Crippen molar-refractivity contribution < 1.29 is 13.6 Å². The summed E-state index contributed by atoms with van der Waals surface area (Å²) in [6.45, 7) is 7.26. The van der Waals surface area contributed by atoms with E-state index in [9.17, 15) is 13.6 Å². The molecule has 2 aliphatic heterocycles. The maximum atomic E-state index is 13.2. The van der Waals surface area contributed by atoms with Crippen LogP contribution in [0, 0.1) is 5.41 Å². The highest BCUT2D eigenvalue weighted by atomic mass is 35.5. The molecule has 1 aromatic rings. The highest BCUT2D eigenvalue weighted by Gasteiger charge is 2.59. The molecule has 0 unspecified atom stereocenters. The van der Waals surface area contributed by atoms with Crippen LogP contribution in [-0.2, 0) is 13.1 Å². The summed E-state index contributed by atoms with van der Waals surface area (Å²) in [5.74, 6) is -2.79. The van der Waals surface area contributed by atoms with Crippen molar-refractivity contribution >= 4 is 17.5 Å². The third-order valence-electron chi connectivity index (χ3n) is 5.52. The molecule has 146 valence electrons. The number of aromatic nitrogens is 2. The van der Waals surface area contributed by atoms with Crippen molar-refractivity contribution in [3.05, 3.63) is 16.4 Å². The molecule has 1 amide bonds. The molecular formula is C18H27ClF2N4O. The van der Waals surface area contributed by atoms with Gasteiger partial charge in [-0.25, -0.2) is 8.78 Å². The lowest BCUT2D eigenvalue weighted by Gasteiger charge is -2.44. The minimum Gasteiger partial charge on any atom is -0.337 e. The van der Waals surface area contributed by atoms with Crippen molar-refractivity contribution in [2.24, 2.45) is 5.41 Å². The molecule has 1 spiro atoms. The highest BCUT2D eigenvalue weighted by molar-refractivity contribution is 6.34. The maximum absolute atomic E-state index is 13.2. The standard InChI is InChI=1S/C16H21ClF2N4O.C2H6/c1-21-4-2-5-23-11(7-21)12(17)13(20-23)14(24)22-6-3-15(10-22)8-16(18,19)9-15;1-2/h2-10H2,1H3;1-2H3. The number of fused-ring (bicyclic) bond motifs is 1. The fourth-order valence-electron chi connectivity index (χ4n) is 4.37. The number of hydrogen-bond donors (Lipinski definition) is 0. The molecule has 3 aliphatic rings. The van der Waals surface area contributed by atoms with Gasteiger partial charge in [0.1, 0.15) is 0 Å². The second kappa shape index (κ2) is 7.08. The van der Waals surface area contributed by atoms with Crippen LogP contribution in [-0.4, -0.2) is 58.1 Å². The van der Waals surface area contributed by atoms with Gasteiger partial charge in [0, 0.05) is 51.0 Å². The number of carbonyl (C=O) groups is 1. The molecule has 3 heterocycles. The molecule has 2 fully saturated rings. The van der Waals surface area contributed by atoms with Crippen LogP contribution in [0.5, 0.6) is 0 Å². The van der Waals surface area contributed by atoms with Crippen LogP contribution in [0.2, 0.25) is 5.02 Å². The average molecular weight is 389 g/mol. The summed E-state index contributed by atoms with van der Waals surface area (Å²) in [4.78, 5) is 16.6. The second-order valence-electron chi connectivity index (χ2n) is 7.61. The van der Waals surface area contributed by atoms with Gasteiger partial charge in [0.25, 0.3) is 5.91 Å². The zero-order chi connectivity index (χ0) is 19.1. The second-order valence-corrected chi connectivity index (χ2v) is 7.99. The van der Waals surface area contributed by atoms with Crippen LogP contribution in [0.25, 0.3) is 0 Å². The molecule has 0 atom stereocenters. The van der Waals surface area contributed by atoms with E-state index < -0.39 is 11.3 Å². The topological polar surface area (TPSA) is 41.4 Å². The molecule has 1 saturated heterocycles. The maximum Gasteiger partial charge on any atom is 0.275 e. The van der Waals surface area contributed by atoms with Crippen LogP contribution in [0.4, 0.5) is 8.78 Å². The van der Waals surface area contributed by atoms with Gasteiger partial charge in [-0.3, -0.25) is 9.48 Å². The van der Waals surface area contributed by atoms with E-state index in [-0.39, 0.29) is 24.4 Å². The van der Waals surface area contributed by atoms with Crippen molar-refractivity contribution in [2.45, 2.75) is 58.5 Å². The molecule has 1 aliphatic carbocycles. The lowest BCUT2D eigenvalue weighted by molar-refractivity contribution is -0.154. The molecule has 1 saturated carbocycles. The Labute approximate surface area is 158 Å². The Morgan fingerprint density at radius 3 is 2.54 bits per heavy atom. The molecule has 0 N–H and O–H groups in total. The number of likely N-dealkylation sites (tertiary alicyclic amines) is 1. The van der Waals surface area contributed by atoms with Gasteiger partial charge in [-0.2, -0.15) is 5.10 Å². The van der Waals surface area contributed by atoms with Gasteiger partial charge >= 0.3 is 0 Å². The Morgan fingerprint density at radius 2 is 1.88 bits per heavy atom. The monoisotopic (exact) mass is 388 g/mol. The van der Waals surface area contributed by atoms with Gasteiger partial charge in [-0.05, 0) is 19.9 Å². The summed E-state index contributed by atoms with van der Waals surface area (Å²) in [5.41, 5.74) is 0.733. The Morgan fingerprint density at radius 1 is 1.19 bits per heavy atom. The predicted octanol–water partition coefficient (Wildman–Crippen LogP) is 3.66. The number of amides is 1. The molecule has 0 radical (unpaired) electrons. The van der Waals surface area contributed by atoms with Crippen molar-refractivity contribution in [3.8, 4) is 0 Å². The van der Waals surface area contributed by atoms with Gasteiger partial charge in [0.05, 0.1) is 10.7 Å². The first-order valence-corrected chi connectivity index (χ1v) is 9.77. The minimum atomic E-state index is -2.56. The largest absolute Gasteiger partial charge is 0.337 e. The van der Waals surface area contributed by atoms with E-state index in [4.69, 9.17) is 11.6 Å². The molecule has 5 nitrogen and oxygen atoms in total.